The Bertz CT molecular complexity index is 464. The summed E-state index contributed by atoms with van der Waals surface area (Å²) in [7, 11) is 4.66. The predicted octanol–water partition coefficient (Wildman–Crippen LogP) is 2.04. The zero-order valence-electron chi connectivity index (χ0n) is 10.2. The molecule has 0 unspecified atom stereocenters. The van der Waals surface area contributed by atoms with Gasteiger partial charge in [-0.05, 0) is 18.6 Å². The smallest absolute Gasteiger partial charge is 0.232 e. The highest BCUT2D eigenvalue weighted by atomic mass is 35.7. The third kappa shape index (κ3) is 4.62. The number of benzene rings is 1. The van der Waals surface area contributed by atoms with Gasteiger partial charge in [0.25, 0.3) is 0 Å². The van der Waals surface area contributed by atoms with Crippen LogP contribution in [-0.4, -0.2) is 35.0 Å². The van der Waals surface area contributed by atoms with Crippen molar-refractivity contribution in [1.29, 1.82) is 0 Å². The summed E-state index contributed by atoms with van der Waals surface area (Å²) in [5.41, 5.74) is 0. The Morgan fingerprint density at radius 1 is 1.17 bits per heavy atom. The topological polar surface area (TPSA) is 61.8 Å². The molecule has 0 heterocycles. The Hall–Kier alpha value is -1.14. The van der Waals surface area contributed by atoms with Crippen molar-refractivity contribution in [3.05, 3.63) is 18.2 Å². The van der Waals surface area contributed by atoms with Crippen LogP contribution in [0.3, 0.4) is 0 Å². The summed E-state index contributed by atoms with van der Waals surface area (Å²) in [5.74, 6) is 1.38. The fraction of sp³-hybridized carbons (Fsp3) is 0.455. The summed E-state index contributed by atoms with van der Waals surface area (Å²) in [4.78, 5) is 0. The molecule has 0 fully saturated rings. The molecule has 7 heteroatoms. The number of ether oxygens (including phenoxy) is 3. The van der Waals surface area contributed by atoms with Crippen LogP contribution in [0.5, 0.6) is 17.2 Å². The molecule has 0 aliphatic heterocycles. The maximum absolute atomic E-state index is 10.7. The maximum atomic E-state index is 10.7. The fourth-order valence-corrected chi connectivity index (χ4v) is 2.15. The number of methoxy groups -OCH3 is 2. The van der Waals surface area contributed by atoms with Gasteiger partial charge in [0.15, 0.2) is 11.5 Å². The second-order valence-electron chi connectivity index (χ2n) is 3.44. The van der Waals surface area contributed by atoms with Crippen molar-refractivity contribution < 1.29 is 22.6 Å². The first-order chi connectivity index (χ1) is 8.48. The van der Waals surface area contributed by atoms with Crippen LogP contribution >= 0.6 is 10.7 Å². The lowest BCUT2D eigenvalue weighted by molar-refractivity contribution is 0.275. The number of para-hydroxylation sites is 1. The Morgan fingerprint density at radius 3 is 2.17 bits per heavy atom. The lowest BCUT2D eigenvalue weighted by Crippen LogP contribution is -2.06. The highest BCUT2D eigenvalue weighted by Crippen LogP contribution is 2.36. The Morgan fingerprint density at radius 2 is 1.72 bits per heavy atom. The molecule has 1 rings (SSSR count). The lowest BCUT2D eigenvalue weighted by Gasteiger charge is -2.13. The SMILES string of the molecule is COc1cccc(OC)c1OCCCS(=O)(=O)Cl. The molecular weight excluding hydrogens is 280 g/mol. The van der Waals surface area contributed by atoms with E-state index >= 15 is 0 Å². The first kappa shape index (κ1) is 14.9. The molecule has 0 saturated heterocycles. The molecule has 0 radical (unpaired) electrons. The van der Waals surface area contributed by atoms with E-state index in [1.807, 2.05) is 0 Å². The second kappa shape index (κ2) is 6.70. The minimum atomic E-state index is -3.48. The van der Waals surface area contributed by atoms with Crippen molar-refractivity contribution in [2.45, 2.75) is 6.42 Å². The number of hydrogen-bond acceptors (Lipinski definition) is 5. The molecule has 102 valence electrons. The molecule has 0 atom stereocenters. The molecule has 0 N–H and O–H groups in total. The highest BCUT2D eigenvalue weighted by Gasteiger charge is 2.11. The van der Waals surface area contributed by atoms with Crippen LogP contribution in [0.2, 0.25) is 0 Å². The summed E-state index contributed by atoms with van der Waals surface area (Å²) in [5, 5.41) is 0. The molecule has 0 aliphatic carbocycles. The minimum Gasteiger partial charge on any atom is -0.493 e. The van der Waals surface area contributed by atoms with E-state index in [2.05, 4.69) is 0 Å². The third-order valence-electron chi connectivity index (χ3n) is 2.16. The van der Waals surface area contributed by atoms with Gasteiger partial charge >= 0.3 is 0 Å². The summed E-state index contributed by atoms with van der Waals surface area (Å²) in [6, 6.07) is 5.24. The molecule has 1 aromatic rings. The lowest BCUT2D eigenvalue weighted by atomic mass is 10.3. The average molecular weight is 295 g/mol. The monoisotopic (exact) mass is 294 g/mol. The summed E-state index contributed by atoms with van der Waals surface area (Å²) in [6.07, 6.45) is 0.299. The van der Waals surface area contributed by atoms with Gasteiger partial charge < -0.3 is 14.2 Å². The molecule has 0 aromatic heterocycles. The summed E-state index contributed by atoms with van der Waals surface area (Å²) in [6.45, 7) is 0.211. The van der Waals surface area contributed by atoms with Crippen molar-refractivity contribution in [2.24, 2.45) is 0 Å². The van der Waals surface area contributed by atoms with Crippen LogP contribution in [0, 0.1) is 0 Å². The highest BCUT2D eigenvalue weighted by molar-refractivity contribution is 8.13. The zero-order chi connectivity index (χ0) is 13.6. The van der Waals surface area contributed by atoms with Crippen LogP contribution in [0.4, 0.5) is 0 Å². The van der Waals surface area contributed by atoms with Gasteiger partial charge in [-0.15, -0.1) is 0 Å². The standard InChI is InChI=1S/C11H15ClO5S/c1-15-9-5-3-6-10(16-2)11(9)17-7-4-8-18(12,13)14/h3,5-6H,4,7-8H2,1-2H3. The first-order valence-corrected chi connectivity index (χ1v) is 7.72. The Labute approximate surface area is 111 Å². The number of halogens is 1. The molecule has 0 spiro atoms. The molecule has 1 aromatic carbocycles. The first-order valence-electron chi connectivity index (χ1n) is 5.24. The van der Waals surface area contributed by atoms with Crippen LogP contribution in [-0.2, 0) is 9.05 Å². The van der Waals surface area contributed by atoms with E-state index in [0.717, 1.165) is 0 Å². The quantitative estimate of drug-likeness (QED) is 0.569. The van der Waals surface area contributed by atoms with Gasteiger partial charge in [-0.25, -0.2) is 8.42 Å². The van der Waals surface area contributed by atoms with Gasteiger partial charge in [0.05, 0.1) is 26.6 Å². The average Bonchev–Trinajstić information content (AvgIpc) is 2.33. The van der Waals surface area contributed by atoms with Crippen LogP contribution in [0.15, 0.2) is 18.2 Å². The summed E-state index contributed by atoms with van der Waals surface area (Å²) < 4.78 is 37.2. The van der Waals surface area contributed by atoms with E-state index in [1.165, 1.54) is 14.2 Å². The summed E-state index contributed by atoms with van der Waals surface area (Å²) >= 11 is 0. The number of rotatable bonds is 7. The predicted molar refractivity (Wildman–Crippen MR) is 69.3 cm³/mol. The van der Waals surface area contributed by atoms with Gasteiger partial charge in [-0.2, -0.15) is 0 Å². The van der Waals surface area contributed by atoms with E-state index in [9.17, 15) is 8.42 Å². The van der Waals surface area contributed by atoms with Gasteiger partial charge in [-0.1, -0.05) is 6.07 Å². The van der Waals surface area contributed by atoms with Gasteiger partial charge in [-0.3, -0.25) is 0 Å². The largest absolute Gasteiger partial charge is 0.493 e. The fourth-order valence-electron chi connectivity index (χ4n) is 1.37. The van der Waals surface area contributed by atoms with Crippen LogP contribution in [0.1, 0.15) is 6.42 Å². The molecule has 18 heavy (non-hydrogen) atoms. The molecule has 0 amide bonds. The van der Waals surface area contributed by atoms with Crippen molar-refractivity contribution in [3.8, 4) is 17.2 Å². The minimum absolute atomic E-state index is 0.133. The van der Waals surface area contributed by atoms with Crippen molar-refractivity contribution in [2.75, 3.05) is 26.6 Å². The molecule has 0 saturated carbocycles. The van der Waals surface area contributed by atoms with E-state index in [1.54, 1.807) is 18.2 Å². The molecular formula is C11H15ClO5S. The van der Waals surface area contributed by atoms with Gasteiger partial charge in [0.2, 0.25) is 14.8 Å². The van der Waals surface area contributed by atoms with E-state index < -0.39 is 9.05 Å². The van der Waals surface area contributed by atoms with E-state index in [0.29, 0.717) is 23.7 Å². The third-order valence-corrected chi connectivity index (χ3v) is 3.40. The van der Waals surface area contributed by atoms with Crippen LogP contribution < -0.4 is 14.2 Å². The van der Waals surface area contributed by atoms with E-state index in [4.69, 9.17) is 24.9 Å². The Balaban J connectivity index is 2.66. The van der Waals surface area contributed by atoms with Crippen molar-refractivity contribution in [1.82, 2.24) is 0 Å². The molecule has 0 bridgehead atoms. The molecule has 5 nitrogen and oxygen atoms in total. The normalized spacial score (nSPS) is 11.1. The van der Waals surface area contributed by atoms with Gasteiger partial charge in [0.1, 0.15) is 0 Å². The van der Waals surface area contributed by atoms with Gasteiger partial charge in [0, 0.05) is 10.7 Å². The van der Waals surface area contributed by atoms with Crippen molar-refractivity contribution >= 4 is 19.7 Å². The Kier molecular flexibility index (Phi) is 5.55. The van der Waals surface area contributed by atoms with E-state index in [-0.39, 0.29) is 12.4 Å². The molecule has 0 aliphatic rings. The van der Waals surface area contributed by atoms with Crippen molar-refractivity contribution in [3.63, 3.8) is 0 Å². The maximum Gasteiger partial charge on any atom is 0.232 e. The number of hydrogen-bond donors (Lipinski definition) is 0. The second-order valence-corrected chi connectivity index (χ2v) is 6.33. The van der Waals surface area contributed by atoms with Crippen LogP contribution in [0.25, 0.3) is 0 Å². The zero-order valence-corrected chi connectivity index (χ0v) is 11.8.